The van der Waals surface area contributed by atoms with Crippen molar-refractivity contribution in [2.45, 2.75) is 46.0 Å². The molecule has 3 nitrogen and oxygen atoms in total. The van der Waals surface area contributed by atoms with Crippen LogP contribution in [0.15, 0.2) is 9.59 Å². The zero-order valence-electron chi connectivity index (χ0n) is 9.47. The molecule has 0 radical (unpaired) electrons. The van der Waals surface area contributed by atoms with Crippen molar-refractivity contribution in [3.05, 3.63) is 26.0 Å². The Bertz CT molecular complexity index is 372. The first-order chi connectivity index (χ1) is 7.22. The first kappa shape index (κ1) is 12.0. The lowest BCUT2D eigenvalue weighted by atomic mass is 10.0. The summed E-state index contributed by atoms with van der Waals surface area (Å²) >= 11 is 0. The van der Waals surface area contributed by atoms with E-state index in [1.54, 1.807) is 0 Å². The molecule has 84 valence electrons. The fourth-order valence-electron chi connectivity index (χ4n) is 1.47. The Morgan fingerprint density at radius 1 is 1.00 bits per heavy atom. The zero-order chi connectivity index (χ0) is 11.3. The zero-order valence-corrected chi connectivity index (χ0v) is 9.47. The quantitative estimate of drug-likeness (QED) is 0.509. The second-order valence-electron chi connectivity index (χ2n) is 3.77. The maximum Gasteiger partial charge on any atom is 0.268 e. The first-order valence-electron chi connectivity index (χ1n) is 5.67. The summed E-state index contributed by atoms with van der Waals surface area (Å²) in [5.74, 6) is 0.335. The molecule has 1 aromatic carbocycles. The standard InChI is InChI=1S/C12H18O3/c1-3-5-7-9-10(13)11(14)12(9)15-8-6-4-2/h3-8H2,1-2H3. The summed E-state index contributed by atoms with van der Waals surface area (Å²) in [5.41, 5.74) is -0.162. The number of unbranched alkanes of at least 4 members (excludes halogenated alkanes) is 2. The summed E-state index contributed by atoms with van der Waals surface area (Å²) in [5, 5.41) is 0. The van der Waals surface area contributed by atoms with Crippen molar-refractivity contribution in [2.24, 2.45) is 0 Å². The topological polar surface area (TPSA) is 43.4 Å². The lowest BCUT2D eigenvalue weighted by molar-refractivity contribution is 0.298. The highest BCUT2D eigenvalue weighted by atomic mass is 16.5. The molecule has 0 aliphatic carbocycles. The first-order valence-corrected chi connectivity index (χ1v) is 5.67. The van der Waals surface area contributed by atoms with Crippen molar-refractivity contribution in [1.29, 1.82) is 0 Å². The van der Waals surface area contributed by atoms with E-state index in [9.17, 15) is 9.59 Å². The predicted octanol–water partition coefficient (Wildman–Crippen LogP) is 1.80. The Morgan fingerprint density at radius 2 is 1.67 bits per heavy atom. The summed E-state index contributed by atoms with van der Waals surface area (Å²) in [4.78, 5) is 22.4. The van der Waals surface area contributed by atoms with Crippen molar-refractivity contribution >= 4 is 0 Å². The minimum Gasteiger partial charge on any atom is -0.489 e. The highest BCUT2D eigenvalue weighted by Gasteiger charge is 2.21. The van der Waals surface area contributed by atoms with E-state index in [2.05, 4.69) is 13.8 Å². The molecular formula is C12H18O3. The van der Waals surface area contributed by atoms with E-state index in [1.807, 2.05) is 0 Å². The van der Waals surface area contributed by atoms with Gasteiger partial charge in [-0.3, -0.25) is 9.59 Å². The normalized spacial score (nSPS) is 10.8. The van der Waals surface area contributed by atoms with E-state index in [4.69, 9.17) is 4.74 Å². The molecule has 0 atom stereocenters. The maximum absolute atomic E-state index is 11.2. The highest BCUT2D eigenvalue weighted by molar-refractivity contribution is 5.39. The Labute approximate surface area is 89.8 Å². The Morgan fingerprint density at radius 3 is 2.27 bits per heavy atom. The van der Waals surface area contributed by atoms with Crippen molar-refractivity contribution < 1.29 is 4.74 Å². The molecule has 0 N–H and O–H groups in total. The third kappa shape index (κ3) is 2.67. The highest BCUT2D eigenvalue weighted by Crippen LogP contribution is 2.14. The molecule has 15 heavy (non-hydrogen) atoms. The smallest absolute Gasteiger partial charge is 0.268 e. The third-order valence-corrected chi connectivity index (χ3v) is 2.49. The van der Waals surface area contributed by atoms with Crippen LogP contribution in [0.4, 0.5) is 0 Å². The van der Waals surface area contributed by atoms with Gasteiger partial charge in [0.15, 0.2) is 5.75 Å². The largest absolute Gasteiger partial charge is 0.489 e. The molecule has 0 unspecified atom stereocenters. The lowest BCUT2D eigenvalue weighted by Crippen LogP contribution is -2.37. The minimum absolute atomic E-state index is 0.335. The van der Waals surface area contributed by atoms with Gasteiger partial charge < -0.3 is 4.74 Å². The molecule has 0 heterocycles. The molecule has 0 saturated heterocycles. The van der Waals surface area contributed by atoms with Crippen LogP contribution in [0, 0.1) is 0 Å². The SMILES string of the molecule is CCCCOc1c(CCCC)c(=O)c1=O. The van der Waals surface area contributed by atoms with Gasteiger partial charge in [0, 0.05) is 5.56 Å². The van der Waals surface area contributed by atoms with Crippen LogP contribution in [0.25, 0.3) is 0 Å². The van der Waals surface area contributed by atoms with Gasteiger partial charge >= 0.3 is 0 Å². The van der Waals surface area contributed by atoms with Crippen molar-refractivity contribution in [3.63, 3.8) is 0 Å². The van der Waals surface area contributed by atoms with Crippen LogP contribution in [0.5, 0.6) is 5.75 Å². The average Bonchev–Trinajstić information content (AvgIpc) is 2.26. The van der Waals surface area contributed by atoms with Gasteiger partial charge in [-0.15, -0.1) is 0 Å². The number of hydrogen-bond donors (Lipinski definition) is 0. The van der Waals surface area contributed by atoms with E-state index in [0.29, 0.717) is 24.3 Å². The summed E-state index contributed by atoms with van der Waals surface area (Å²) in [6.07, 6.45) is 4.59. The van der Waals surface area contributed by atoms with Crippen LogP contribution in [0.2, 0.25) is 0 Å². The number of ether oxygens (including phenoxy) is 1. The molecule has 0 bridgehead atoms. The molecule has 0 spiro atoms. The van der Waals surface area contributed by atoms with Gasteiger partial charge in [-0.2, -0.15) is 0 Å². The minimum atomic E-state index is -0.433. The van der Waals surface area contributed by atoms with Crippen LogP contribution in [0.1, 0.15) is 45.1 Å². The molecule has 0 saturated carbocycles. The maximum atomic E-state index is 11.2. The number of rotatable bonds is 7. The monoisotopic (exact) mass is 210 g/mol. The molecule has 0 amide bonds. The molecule has 0 fully saturated rings. The molecule has 0 aromatic heterocycles. The van der Waals surface area contributed by atoms with Crippen molar-refractivity contribution in [3.8, 4) is 5.75 Å². The van der Waals surface area contributed by atoms with Crippen LogP contribution < -0.4 is 15.6 Å². The van der Waals surface area contributed by atoms with Gasteiger partial charge in [-0.05, 0) is 19.3 Å². The van der Waals surface area contributed by atoms with Crippen LogP contribution in [0.3, 0.4) is 0 Å². The Balaban J connectivity index is 2.58. The molecule has 1 aromatic rings. The van der Waals surface area contributed by atoms with Crippen LogP contribution in [-0.2, 0) is 6.42 Å². The average molecular weight is 210 g/mol. The van der Waals surface area contributed by atoms with Gasteiger partial charge in [-0.25, -0.2) is 0 Å². The number of hydrogen-bond acceptors (Lipinski definition) is 3. The van der Waals surface area contributed by atoms with E-state index < -0.39 is 5.43 Å². The van der Waals surface area contributed by atoms with E-state index in [-0.39, 0.29) is 5.43 Å². The second-order valence-corrected chi connectivity index (χ2v) is 3.77. The van der Waals surface area contributed by atoms with E-state index >= 15 is 0 Å². The van der Waals surface area contributed by atoms with Gasteiger partial charge in [-0.1, -0.05) is 26.7 Å². The van der Waals surface area contributed by atoms with Crippen LogP contribution >= 0.6 is 0 Å². The second kappa shape index (κ2) is 5.69. The summed E-state index contributed by atoms with van der Waals surface area (Å²) in [6.45, 7) is 4.66. The fraction of sp³-hybridized carbons (Fsp3) is 0.667. The molecule has 0 aliphatic rings. The van der Waals surface area contributed by atoms with Gasteiger partial charge in [0.1, 0.15) is 0 Å². The van der Waals surface area contributed by atoms with Gasteiger partial charge in [0.25, 0.3) is 5.43 Å². The van der Waals surface area contributed by atoms with Crippen molar-refractivity contribution in [2.75, 3.05) is 6.61 Å². The Hall–Kier alpha value is -1.12. The summed E-state index contributed by atoms with van der Waals surface area (Å²) in [7, 11) is 0. The third-order valence-electron chi connectivity index (χ3n) is 2.49. The fourth-order valence-corrected chi connectivity index (χ4v) is 1.47. The predicted molar refractivity (Wildman–Crippen MR) is 60.4 cm³/mol. The van der Waals surface area contributed by atoms with Crippen molar-refractivity contribution in [1.82, 2.24) is 0 Å². The van der Waals surface area contributed by atoms with E-state index in [1.165, 1.54) is 0 Å². The van der Waals surface area contributed by atoms with E-state index in [0.717, 1.165) is 25.7 Å². The van der Waals surface area contributed by atoms with Gasteiger partial charge in [0.05, 0.1) is 6.61 Å². The molecular weight excluding hydrogens is 192 g/mol. The lowest BCUT2D eigenvalue weighted by Gasteiger charge is -2.11. The Kier molecular flexibility index (Phi) is 4.53. The van der Waals surface area contributed by atoms with Gasteiger partial charge in [0.2, 0.25) is 5.43 Å². The summed E-state index contributed by atoms with van der Waals surface area (Å²) < 4.78 is 5.32. The molecule has 0 aliphatic heterocycles. The van der Waals surface area contributed by atoms with Crippen LogP contribution in [-0.4, -0.2) is 6.61 Å². The molecule has 1 rings (SSSR count). The summed E-state index contributed by atoms with van der Waals surface area (Å²) in [6, 6.07) is 0. The molecule has 3 heteroatoms.